The molecule has 0 aliphatic rings. The third kappa shape index (κ3) is 12.3. The molecule has 17 heteroatoms. The summed E-state index contributed by atoms with van der Waals surface area (Å²) in [5.74, 6) is 1.02. The summed E-state index contributed by atoms with van der Waals surface area (Å²) in [5, 5.41) is 2.05. The van der Waals surface area contributed by atoms with Crippen LogP contribution < -0.4 is 14.9 Å². The number of aromatic nitrogens is 2. The first-order valence-electron chi connectivity index (χ1n) is 19.9. The molecule has 57 heavy (non-hydrogen) atoms. The van der Waals surface area contributed by atoms with Crippen LogP contribution in [0.3, 0.4) is 0 Å². The van der Waals surface area contributed by atoms with Gasteiger partial charge in [0.2, 0.25) is 0 Å². The molecule has 0 aliphatic carbocycles. The molecule has 0 unspecified atom stereocenters. The van der Waals surface area contributed by atoms with Gasteiger partial charge in [-0.25, -0.2) is 17.6 Å². The quantitative estimate of drug-likeness (QED) is 0.0485. The van der Waals surface area contributed by atoms with Gasteiger partial charge in [-0.1, -0.05) is 55.4 Å². The van der Waals surface area contributed by atoms with E-state index >= 15 is 0 Å². The standard InChI is InChI=1S/C39H65N2O6Si2.CHF3O3S/c1-15-42-48(43-16-2,44-17-3)32-23-34(28(7)8)38(35(24-32)29(9)10)40-21-22-41(27-40)39-36(30(11)12)25-33(26-37(39)31(13)14)49(45-18-4,46-19-5)47-20-6;2-1(3,4)8(5,6)7/h21-31H,15-20H2,1-14H3;(H,5,6,7)/q+1;/p-1. The third-order valence-electron chi connectivity index (χ3n) is 8.98. The van der Waals surface area contributed by atoms with E-state index in [1.807, 2.05) is 41.5 Å². The average Bonchev–Trinajstić information content (AvgIpc) is 3.60. The Kier molecular flexibility index (Phi) is 19.3. The summed E-state index contributed by atoms with van der Waals surface area (Å²) in [6, 6.07) is 9.10. The Morgan fingerprint density at radius 2 is 0.895 bits per heavy atom. The monoisotopic (exact) mass is 862 g/mol. The minimum atomic E-state index is -6.09. The largest absolute Gasteiger partial charge is 0.741 e. The highest BCUT2D eigenvalue weighted by atomic mass is 32.2. The maximum Gasteiger partial charge on any atom is 0.537 e. The molecule has 0 spiro atoms. The molecule has 0 atom stereocenters. The first-order chi connectivity index (χ1) is 26.5. The molecule has 0 saturated heterocycles. The zero-order valence-corrected chi connectivity index (χ0v) is 39.0. The van der Waals surface area contributed by atoms with Crippen molar-refractivity contribution in [2.24, 2.45) is 0 Å². The second-order valence-electron chi connectivity index (χ2n) is 14.5. The minimum absolute atomic E-state index is 0.255. The van der Waals surface area contributed by atoms with E-state index in [4.69, 9.17) is 39.5 Å². The van der Waals surface area contributed by atoms with Crippen molar-refractivity contribution < 1.29 is 57.3 Å². The smallest absolute Gasteiger partial charge is 0.537 e. The summed E-state index contributed by atoms with van der Waals surface area (Å²) in [7, 11) is -12.3. The summed E-state index contributed by atoms with van der Waals surface area (Å²) in [6.07, 6.45) is 6.61. The van der Waals surface area contributed by atoms with Crippen LogP contribution in [0.1, 0.15) is 143 Å². The van der Waals surface area contributed by atoms with Crippen LogP contribution in [0.25, 0.3) is 11.4 Å². The van der Waals surface area contributed by atoms with Crippen molar-refractivity contribution in [2.45, 2.75) is 126 Å². The Morgan fingerprint density at radius 3 is 1.14 bits per heavy atom. The van der Waals surface area contributed by atoms with E-state index in [2.05, 4.69) is 108 Å². The number of hydrogen-bond donors (Lipinski definition) is 0. The van der Waals surface area contributed by atoms with Crippen LogP contribution in [0.15, 0.2) is 43.0 Å². The van der Waals surface area contributed by atoms with Gasteiger partial charge in [-0.3, -0.25) is 0 Å². The molecule has 0 bridgehead atoms. The van der Waals surface area contributed by atoms with Gasteiger partial charge in [0.15, 0.2) is 10.1 Å². The first-order valence-corrected chi connectivity index (χ1v) is 24.7. The third-order valence-corrected chi connectivity index (χ3v) is 15.5. The molecular weight excluding hydrogens is 798 g/mol. The van der Waals surface area contributed by atoms with Crippen LogP contribution in [-0.4, -0.2) is 80.3 Å². The van der Waals surface area contributed by atoms with Crippen LogP contribution in [-0.2, 0) is 36.7 Å². The maximum absolute atomic E-state index is 10.7. The second kappa shape index (κ2) is 21.7. The molecule has 11 nitrogen and oxygen atoms in total. The molecule has 0 radical (unpaired) electrons. The van der Waals surface area contributed by atoms with E-state index in [1.165, 1.54) is 33.6 Å². The van der Waals surface area contributed by atoms with Crippen molar-refractivity contribution in [1.82, 2.24) is 4.57 Å². The number of hydrogen-bond acceptors (Lipinski definition) is 9. The minimum Gasteiger partial charge on any atom is -0.741 e. The summed E-state index contributed by atoms with van der Waals surface area (Å²) in [4.78, 5) is 0. The molecule has 0 aliphatic heterocycles. The number of rotatable bonds is 20. The lowest BCUT2D eigenvalue weighted by Crippen LogP contribution is -2.57. The fraction of sp³-hybridized carbons (Fsp3) is 0.625. The molecule has 2 aromatic carbocycles. The summed E-state index contributed by atoms with van der Waals surface area (Å²) < 4.78 is 102. The van der Waals surface area contributed by atoms with E-state index in [0.29, 0.717) is 39.6 Å². The number of nitrogens with zero attached hydrogens (tertiary/aromatic N) is 2. The average molecular weight is 863 g/mol. The van der Waals surface area contributed by atoms with Crippen LogP contribution in [0.4, 0.5) is 13.2 Å². The van der Waals surface area contributed by atoms with E-state index in [9.17, 15) is 13.2 Å². The highest BCUT2D eigenvalue weighted by Crippen LogP contribution is 2.33. The van der Waals surface area contributed by atoms with Crippen molar-refractivity contribution >= 4 is 38.1 Å². The Balaban J connectivity index is 0.00000126. The van der Waals surface area contributed by atoms with Crippen LogP contribution in [0.2, 0.25) is 0 Å². The summed E-state index contributed by atoms with van der Waals surface area (Å²) in [5.41, 5.74) is 1.71. The van der Waals surface area contributed by atoms with E-state index in [1.54, 1.807) is 0 Å². The lowest BCUT2D eigenvalue weighted by atomic mass is 9.92. The molecule has 1 aromatic heterocycles. The van der Waals surface area contributed by atoms with Gasteiger partial charge in [0.1, 0.15) is 23.8 Å². The summed E-state index contributed by atoms with van der Waals surface area (Å²) >= 11 is 0. The Hall–Kier alpha value is -2.46. The van der Waals surface area contributed by atoms with Gasteiger partial charge in [0, 0.05) is 72.3 Å². The molecule has 3 aromatic rings. The van der Waals surface area contributed by atoms with E-state index in [-0.39, 0.29) is 23.7 Å². The Morgan fingerprint density at radius 1 is 0.614 bits per heavy atom. The van der Waals surface area contributed by atoms with Gasteiger partial charge >= 0.3 is 23.1 Å². The van der Waals surface area contributed by atoms with Crippen LogP contribution in [0.5, 0.6) is 0 Å². The van der Waals surface area contributed by atoms with Crippen molar-refractivity contribution in [3.8, 4) is 11.4 Å². The fourth-order valence-corrected chi connectivity index (χ4v) is 11.7. The van der Waals surface area contributed by atoms with E-state index in [0.717, 1.165) is 10.4 Å². The fourth-order valence-electron chi connectivity index (χ4n) is 6.58. The normalized spacial score (nSPS) is 12.9. The van der Waals surface area contributed by atoms with E-state index < -0.39 is 33.2 Å². The van der Waals surface area contributed by atoms with Gasteiger partial charge < -0.3 is 31.1 Å². The van der Waals surface area contributed by atoms with Crippen LogP contribution >= 0.6 is 0 Å². The predicted molar refractivity (Wildman–Crippen MR) is 220 cm³/mol. The molecule has 324 valence electrons. The highest BCUT2D eigenvalue weighted by Gasteiger charge is 2.46. The topological polar surface area (TPSA) is 121 Å². The highest BCUT2D eigenvalue weighted by molar-refractivity contribution is 7.86. The molecular formula is C40H65F3N2O9SSi2. The Labute approximate surface area is 341 Å². The molecule has 3 rings (SSSR count). The van der Waals surface area contributed by atoms with Gasteiger partial charge in [-0.15, -0.1) is 0 Å². The zero-order chi connectivity index (χ0) is 43.5. The number of imidazole rings is 1. The van der Waals surface area contributed by atoms with Crippen LogP contribution in [0, 0.1) is 0 Å². The number of halogens is 3. The molecule has 0 fully saturated rings. The van der Waals surface area contributed by atoms with Crippen molar-refractivity contribution in [2.75, 3.05) is 39.6 Å². The van der Waals surface area contributed by atoms with Gasteiger partial charge in [-0.2, -0.15) is 13.2 Å². The molecule has 0 saturated carbocycles. The van der Waals surface area contributed by atoms with Gasteiger partial charge in [0.05, 0.1) is 0 Å². The maximum atomic E-state index is 10.7. The van der Waals surface area contributed by atoms with Crippen molar-refractivity contribution in [3.05, 3.63) is 65.2 Å². The Bertz CT molecular complexity index is 1630. The summed E-state index contributed by atoms with van der Waals surface area (Å²) in [6.45, 7) is 33.3. The number of benzene rings is 2. The lowest BCUT2D eigenvalue weighted by molar-refractivity contribution is -0.596. The SMILES string of the molecule is CCO[Si](OCC)(OCC)c1cc(C(C)C)c(-n2cc[n+](-c3c(C(C)C)cc([Si](OCC)(OCC)OCC)cc3C(C)C)c2)c(C(C)C)c1.O=S(=O)([O-])C(F)(F)F. The van der Waals surface area contributed by atoms with Gasteiger partial charge in [-0.05, 0) is 89.5 Å². The molecule has 0 N–H and O–H groups in total. The first kappa shape index (κ1) is 50.7. The second-order valence-corrected chi connectivity index (χ2v) is 20.9. The lowest BCUT2D eigenvalue weighted by Gasteiger charge is -2.30. The molecule has 1 heterocycles. The van der Waals surface area contributed by atoms with Crippen molar-refractivity contribution in [1.29, 1.82) is 0 Å². The van der Waals surface area contributed by atoms with Gasteiger partial charge in [0.25, 0.3) is 6.33 Å². The van der Waals surface area contributed by atoms with Crippen molar-refractivity contribution in [3.63, 3.8) is 0 Å². The predicted octanol–water partition coefficient (Wildman–Crippen LogP) is 7.81. The number of alkyl halides is 3. The zero-order valence-electron chi connectivity index (χ0n) is 36.2. The molecule has 0 amide bonds.